The van der Waals surface area contributed by atoms with Crippen LogP contribution >= 0.6 is 0 Å². The van der Waals surface area contributed by atoms with Crippen LogP contribution in [0.1, 0.15) is 40.0 Å². The number of hydrogen-bond acceptors (Lipinski definition) is 4. The van der Waals surface area contributed by atoms with E-state index in [1.165, 1.54) is 0 Å². The lowest BCUT2D eigenvalue weighted by Crippen LogP contribution is -2.33. The maximum atomic E-state index is 11.8. The van der Waals surface area contributed by atoms with Gasteiger partial charge in [-0.1, -0.05) is 19.4 Å². The van der Waals surface area contributed by atoms with E-state index in [0.717, 1.165) is 24.8 Å². The lowest BCUT2D eigenvalue weighted by atomic mass is 9.98. The Kier molecular flexibility index (Phi) is 4.73. The van der Waals surface area contributed by atoms with Gasteiger partial charge in [-0.05, 0) is 32.3 Å². The first kappa shape index (κ1) is 13.7. The van der Waals surface area contributed by atoms with Crippen LogP contribution in [-0.2, 0) is 19.1 Å². The highest BCUT2D eigenvalue weighted by Gasteiger charge is 2.59. The van der Waals surface area contributed by atoms with Crippen LogP contribution in [0.4, 0.5) is 0 Å². The standard InChI is InChI=1S/C13H20O4/c1-4-7-8-10-9-13(10,11(14)16-5-2)12(15)17-6-3/h9H,4-8H2,1-3H3. The van der Waals surface area contributed by atoms with Crippen LogP contribution in [0.25, 0.3) is 0 Å². The second-order valence-corrected chi connectivity index (χ2v) is 4.02. The van der Waals surface area contributed by atoms with E-state index in [1.54, 1.807) is 19.9 Å². The minimum atomic E-state index is -1.19. The molecule has 0 aromatic rings. The molecule has 4 nitrogen and oxygen atoms in total. The highest BCUT2D eigenvalue weighted by molar-refractivity contribution is 6.10. The second-order valence-electron chi connectivity index (χ2n) is 4.02. The van der Waals surface area contributed by atoms with Gasteiger partial charge in [-0.25, -0.2) is 0 Å². The third-order valence-electron chi connectivity index (χ3n) is 2.81. The van der Waals surface area contributed by atoms with Gasteiger partial charge in [0.1, 0.15) is 0 Å². The summed E-state index contributed by atoms with van der Waals surface area (Å²) in [6.07, 6.45) is 4.43. The predicted molar refractivity (Wildman–Crippen MR) is 63.3 cm³/mol. The molecule has 0 atom stereocenters. The first-order valence-corrected chi connectivity index (χ1v) is 6.20. The molecule has 1 aliphatic rings. The lowest BCUT2D eigenvalue weighted by molar-refractivity contribution is -0.162. The monoisotopic (exact) mass is 240 g/mol. The molecule has 4 heteroatoms. The number of esters is 2. The number of ether oxygens (including phenoxy) is 2. The highest BCUT2D eigenvalue weighted by atomic mass is 16.6. The normalized spacial score (nSPS) is 16.1. The van der Waals surface area contributed by atoms with E-state index in [-0.39, 0.29) is 13.2 Å². The number of carbonyl (C=O) groups is 2. The first-order valence-electron chi connectivity index (χ1n) is 6.20. The molecule has 17 heavy (non-hydrogen) atoms. The van der Waals surface area contributed by atoms with E-state index >= 15 is 0 Å². The van der Waals surface area contributed by atoms with E-state index in [0.29, 0.717) is 0 Å². The summed E-state index contributed by atoms with van der Waals surface area (Å²) < 4.78 is 9.91. The first-order chi connectivity index (χ1) is 8.13. The van der Waals surface area contributed by atoms with Crippen LogP contribution < -0.4 is 0 Å². The zero-order chi connectivity index (χ0) is 12.9. The van der Waals surface area contributed by atoms with Crippen LogP contribution in [-0.4, -0.2) is 25.2 Å². The number of carbonyl (C=O) groups excluding carboxylic acids is 2. The van der Waals surface area contributed by atoms with Gasteiger partial charge in [-0.2, -0.15) is 0 Å². The minimum Gasteiger partial charge on any atom is -0.465 e. The van der Waals surface area contributed by atoms with Crippen LogP contribution in [0, 0.1) is 5.41 Å². The topological polar surface area (TPSA) is 52.6 Å². The summed E-state index contributed by atoms with van der Waals surface area (Å²) in [4.78, 5) is 23.7. The van der Waals surface area contributed by atoms with Gasteiger partial charge in [-0.3, -0.25) is 9.59 Å². The molecule has 0 saturated carbocycles. The summed E-state index contributed by atoms with van der Waals surface area (Å²) in [6.45, 7) is 6.07. The molecule has 0 N–H and O–H groups in total. The molecule has 0 amide bonds. The van der Waals surface area contributed by atoms with Crippen LogP contribution in [0.3, 0.4) is 0 Å². The molecular weight excluding hydrogens is 220 g/mol. The molecule has 0 radical (unpaired) electrons. The molecule has 0 unspecified atom stereocenters. The average molecular weight is 240 g/mol. The van der Waals surface area contributed by atoms with Gasteiger partial charge in [0.15, 0.2) is 0 Å². The summed E-state index contributed by atoms with van der Waals surface area (Å²) in [7, 11) is 0. The molecule has 0 aliphatic heterocycles. The second kappa shape index (κ2) is 5.84. The fourth-order valence-corrected chi connectivity index (χ4v) is 1.82. The molecular formula is C13H20O4. The Balaban J connectivity index is 2.70. The van der Waals surface area contributed by atoms with Gasteiger partial charge in [0.2, 0.25) is 5.41 Å². The summed E-state index contributed by atoms with van der Waals surface area (Å²) in [5.74, 6) is -0.992. The van der Waals surface area contributed by atoms with Crippen molar-refractivity contribution >= 4 is 11.9 Å². The van der Waals surface area contributed by atoms with Crippen LogP contribution in [0.2, 0.25) is 0 Å². The summed E-state index contributed by atoms with van der Waals surface area (Å²) in [5, 5.41) is 0. The van der Waals surface area contributed by atoms with E-state index in [1.807, 2.05) is 0 Å². The Hall–Kier alpha value is -1.32. The molecule has 0 fully saturated rings. The minimum absolute atomic E-state index is 0.273. The summed E-state index contributed by atoms with van der Waals surface area (Å²) >= 11 is 0. The molecule has 0 aromatic heterocycles. The zero-order valence-electron chi connectivity index (χ0n) is 10.7. The zero-order valence-corrected chi connectivity index (χ0v) is 10.7. The Bertz CT molecular complexity index is 312. The molecule has 0 spiro atoms. The van der Waals surface area contributed by atoms with Crippen molar-refractivity contribution in [3.8, 4) is 0 Å². The number of unbranched alkanes of at least 4 members (excludes halogenated alkanes) is 1. The van der Waals surface area contributed by atoms with Gasteiger partial charge in [0.25, 0.3) is 0 Å². The SMILES string of the molecule is CCCCC1=CC1(C(=O)OCC)C(=O)OCC. The maximum Gasteiger partial charge on any atom is 0.331 e. The van der Waals surface area contributed by atoms with Gasteiger partial charge < -0.3 is 9.47 Å². The summed E-state index contributed by atoms with van der Waals surface area (Å²) in [5.41, 5.74) is -0.350. The quantitative estimate of drug-likeness (QED) is 0.389. The van der Waals surface area contributed by atoms with Gasteiger partial charge >= 0.3 is 11.9 Å². The average Bonchev–Trinajstić information content (AvgIpc) is 3.03. The van der Waals surface area contributed by atoms with Crippen molar-refractivity contribution in [2.24, 2.45) is 5.41 Å². The molecule has 0 aromatic carbocycles. The van der Waals surface area contributed by atoms with Crippen molar-refractivity contribution in [3.63, 3.8) is 0 Å². The van der Waals surface area contributed by atoms with E-state index < -0.39 is 17.4 Å². The molecule has 0 saturated heterocycles. The number of hydrogen-bond donors (Lipinski definition) is 0. The third kappa shape index (κ3) is 2.68. The molecule has 96 valence electrons. The Labute approximate surface area is 102 Å². The largest absolute Gasteiger partial charge is 0.465 e. The van der Waals surface area contributed by atoms with Crippen molar-refractivity contribution in [2.45, 2.75) is 40.0 Å². The highest BCUT2D eigenvalue weighted by Crippen LogP contribution is 2.49. The number of rotatable bonds is 7. The molecule has 1 rings (SSSR count). The maximum absolute atomic E-state index is 11.8. The van der Waals surface area contributed by atoms with Crippen molar-refractivity contribution in [1.29, 1.82) is 0 Å². The smallest absolute Gasteiger partial charge is 0.331 e. The Morgan fingerprint density at radius 1 is 1.12 bits per heavy atom. The fourth-order valence-electron chi connectivity index (χ4n) is 1.82. The van der Waals surface area contributed by atoms with Crippen LogP contribution in [0.5, 0.6) is 0 Å². The van der Waals surface area contributed by atoms with Crippen molar-refractivity contribution in [1.82, 2.24) is 0 Å². The molecule has 1 aliphatic carbocycles. The molecule has 0 heterocycles. The van der Waals surface area contributed by atoms with E-state index in [9.17, 15) is 9.59 Å². The van der Waals surface area contributed by atoms with Crippen molar-refractivity contribution < 1.29 is 19.1 Å². The van der Waals surface area contributed by atoms with Crippen LogP contribution in [0.15, 0.2) is 11.6 Å². The third-order valence-corrected chi connectivity index (χ3v) is 2.81. The molecule has 0 bridgehead atoms. The predicted octanol–water partition coefficient (Wildman–Crippen LogP) is 2.23. The fraction of sp³-hybridized carbons (Fsp3) is 0.692. The van der Waals surface area contributed by atoms with Gasteiger partial charge in [-0.15, -0.1) is 0 Å². The lowest BCUT2D eigenvalue weighted by Gasteiger charge is -2.15. The summed E-state index contributed by atoms with van der Waals surface area (Å²) in [6, 6.07) is 0. The van der Waals surface area contributed by atoms with Gasteiger partial charge in [0, 0.05) is 0 Å². The van der Waals surface area contributed by atoms with E-state index in [2.05, 4.69) is 6.92 Å². The Morgan fingerprint density at radius 2 is 1.65 bits per heavy atom. The van der Waals surface area contributed by atoms with Crippen molar-refractivity contribution in [2.75, 3.05) is 13.2 Å². The van der Waals surface area contributed by atoms with Crippen molar-refractivity contribution in [3.05, 3.63) is 11.6 Å². The van der Waals surface area contributed by atoms with Gasteiger partial charge in [0.05, 0.1) is 13.2 Å². The Morgan fingerprint density at radius 3 is 2.06 bits per heavy atom. The van der Waals surface area contributed by atoms with E-state index in [4.69, 9.17) is 9.47 Å².